The molecule has 0 unspecified atom stereocenters. The number of rotatable bonds is 5. The van der Waals surface area contributed by atoms with Gasteiger partial charge in [0, 0.05) is 12.2 Å². The van der Waals surface area contributed by atoms with E-state index in [-0.39, 0.29) is 0 Å². The van der Waals surface area contributed by atoms with Crippen molar-refractivity contribution in [2.24, 2.45) is 0 Å². The average molecular weight is 264 g/mol. The normalized spacial score (nSPS) is 22.4. The van der Waals surface area contributed by atoms with Crippen molar-refractivity contribution in [2.75, 3.05) is 13.2 Å². The number of carboxylic acid groups (broad SMARTS) is 1. The second-order valence-corrected chi connectivity index (χ2v) is 4.70. The molecule has 4 heteroatoms. The highest BCUT2D eigenvalue weighted by Crippen LogP contribution is 2.41. The zero-order chi connectivity index (χ0) is 13.9. The molecular weight excluding hydrogens is 244 g/mol. The van der Waals surface area contributed by atoms with Crippen LogP contribution in [0.3, 0.4) is 0 Å². The molecule has 1 N–H and O–H groups in total. The number of hydrogen-bond donors (Lipinski definition) is 1. The number of benzene rings is 1. The summed E-state index contributed by atoms with van der Waals surface area (Å²) in [5, 5.41) is 9.59. The van der Waals surface area contributed by atoms with Crippen LogP contribution in [0.1, 0.15) is 37.8 Å². The van der Waals surface area contributed by atoms with Gasteiger partial charge in [-0.15, -0.1) is 0 Å². The third kappa shape index (κ3) is 2.45. The Bertz CT molecular complexity index is 461. The molecule has 1 aliphatic heterocycles. The van der Waals surface area contributed by atoms with Crippen LogP contribution < -0.4 is 4.74 Å². The van der Waals surface area contributed by atoms with Crippen molar-refractivity contribution in [3.63, 3.8) is 0 Å². The van der Waals surface area contributed by atoms with Crippen LogP contribution in [0.2, 0.25) is 0 Å². The third-order valence-corrected chi connectivity index (χ3v) is 3.55. The van der Waals surface area contributed by atoms with Crippen molar-refractivity contribution in [3.8, 4) is 5.75 Å². The fourth-order valence-electron chi connectivity index (χ4n) is 2.53. The van der Waals surface area contributed by atoms with E-state index in [0.717, 1.165) is 18.4 Å². The molecule has 0 spiro atoms. The number of ether oxygens (including phenoxy) is 2. The average Bonchev–Trinajstić information content (AvgIpc) is 2.90. The molecule has 0 amide bonds. The molecule has 19 heavy (non-hydrogen) atoms. The predicted octanol–water partition coefficient (Wildman–Crippen LogP) is 2.74. The maximum Gasteiger partial charge on any atom is 0.340 e. The van der Waals surface area contributed by atoms with Crippen LogP contribution in [-0.2, 0) is 21.6 Å². The Morgan fingerprint density at radius 3 is 2.79 bits per heavy atom. The summed E-state index contributed by atoms with van der Waals surface area (Å²) in [6.07, 6.45) is 2.11. The Hall–Kier alpha value is -1.55. The molecule has 0 bridgehead atoms. The van der Waals surface area contributed by atoms with Gasteiger partial charge in [0.15, 0.2) is 5.60 Å². The first kappa shape index (κ1) is 13.9. The lowest BCUT2D eigenvalue weighted by molar-refractivity contribution is -0.161. The zero-order valence-corrected chi connectivity index (χ0v) is 11.4. The highest BCUT2D eigenvalue weighted by molar-refractivity contribution is 5.81. The minimum atomic E-state index is -1.24. The molecule has 2 rings (SSSR count). The fraction of sp³-hybridized carbons (Fsp3) is 0.533. The van der Waals surface area contributed by atoms with Gasteiger partial charge < -0.3 is 14.6 Å². The second kappa shape index (κ2) is 5.61. The Morgan fingerprint density at radius 2 is 2.26 bits per heavy atom. The first-order valence-corrected chi connectivity index (χ1v) is 6.77. The SMILES string of the molecule is CCOc1ccc(CC)cc1[C@@]1(C(=O)O)CCCO1. The Morgan fingerprint density at radius 1 is 1.47 bits per heavy atom. The molecule has 1 heterocycles. The molecule has 0 saturated carbocycles. The van der Waals surface area contributed by atoms with Crippen LogP contribution >= 0.6 is 0 Å². The van der Waals surface area contributed by atoms with Crippen molar-refractivity contribution in [1.82, 2.24) is 0 Å². The van der Waals surface area contributed by atoms with Crippen molar-refractivity contribution >= 4 is 5.97 Å². The van der Waals surface area contributed by atoms with Crippen LogP contribution in [0.25, 0.3) is 0 Å². The quantitative estimate of drug-likeness (QED) is 0.888. The largest absolute Gasteiger partial charge is 0.493 e. The van der Waals surface area contributed by atoms with Gasteiger partial charge in [0.1, 0.15) is 5.75 Å². The molecule has 104 valence electrons. The summed E-state index contributed by atoms with van der Waals surface area (Å²) in [7, 11) is 0. The van der Waals surface area contributed by atoms with E-state index >= 15 is 0 Å². The summed E-state index contributed by atoms with van der Waals surface area (Å²) in [6.45, 7) is 4.92. The smallest absolute Gasteiger partial charge is 0.340 e. The zero-order valence-electron chi connectivity index (χ0n) is 11.4. The van der Waals surface area contributed by atoms with Crippen molar-refractivity contribution < 1.29 is 19.4 Å². The van der Waals surface area contributed by atoms with Crippen LogP contribution in [-0.4, -0.2) is 24.3 Å². The number of aliphatic carboxylic acids is 1. The van der Waals surface area contributed by atoms with E-state index in [1.54, 1.807) is 0 Å². The minimum Gasteiger partial charge on any atom is -0.493 e. The fourth-order valence-corrected chi connectivity index (χ4v) is 2.53. The molecule has 1 saturated heterocycles. The lowest BCUT2D eigenvalue weighted by Gasteiger charge is -2.26. The number of hydrogen-bond acceptors (Lipinski definition) is 3. The number of carboxylic acids is 1. The number of carbonyl (C=O) groups is 1. The molecule has 0 radical (unpaired) electrons. The summed E-state index contributed by atoms with van der Waals surface area (Å²) in [5.74, 6) is -0.316. The van der Waals surface area contributed by atoms with Crippen LogP contribution in [0.4, 0.5) is 0 Å². The van der Waals surface area contributed by atoms with Gasteiger partial charge in [0.2, 0.25) is 0 Å². The van der Waals surface area contributed by atoms with E-state index in [0.29, 0.717) is 30.9 Å². The molecule has 1 aromatic rings. The lowest BCUT2D eigenvalue weighted by Crippen LogP contribution is -2.35. The van der Waals surface area contributed by atoms with E-state index in [1.807, 2.05) is 32.0 Å². The maximum absolute atomic E-state index is 11.7. The summed E-state index contributed by atoms with van der Waals surface area (Å²) >= 11 is 0. The van der Waals surface area contributed by atoms with Crippen LogP contribution in [0, 0.1) is 0 Å². The molecule has 0 aliphatic carbocycles. The summed E-state index contributed by atoms with van der Waals surface area (Å²) in [6, 6.07) is 5.73. The van der Waals surface area contributed by atoms with E-state index in [9.17, 15) is 9.90 Å². The second-order valence-electron chi connectivity index (χ2n) is 4.70. The van der Waals surface area contributed by atoms with Crippen molar-refractivity contribution in [2.45, 2.75) is 38.7 Å². The summed E-state index contributed by atoms with van der Waals surface area (Å²) < 4.78 is 11.2. The standard InChI is InChI=1S/C15H20O4/c1-3-11-6-7-13(18-4-2)12(10-11)15(14(16)17)8-5-9-19-15/h6-7,10H,3-5,8-9H2,1-2H3,(H,16,17)/t15-/m1/s1. The van der Waals surface area contributed by atoms with Crippen molar-refractivity contribution in [3.05, 3.63) is 29.3 Å². The first-order chi connectivity index (χ1) is 9.14. The van der Waals surface area contributed by atoms with Gasteiger partial charge in [0.25, 0.3) is 0 Å². The first-order valence-electron chi connectivity index (χ1n) is 6.77. The lowest BCUT2D eigenvalue weighted by atomic mass is 9.88. The highest BCUT2D eigenvalue weighted by atomic mass is 16.5. The monoisotopic (exact) mass is 264 g/mol. The summed E-state index contributed by atoms with van der Waals surface area (Å²) in [4.78, 5) is 11.7. The van der Waals surface area contributed by atoms with Gasteiger partial charge >= 0.3 is 5.97 Å². The highest BCUT2D eigenvalue weighted by Gasteiger charge is 2.46. The van der Waals surface area contributed by atoms with E-state index in [4.69, 9.17) is 9.47 Å². The molecule has 1 fully saturated rings. The third-order valence-electron chi connectivity index (χ3n) is 3.55. The Balaban J connectivity index is 2.53. The molecular formula is C15H20O4. The van der Waals surface area contributed by atoms with Gasteiger partial charge in [0.05, 0.1) is 6.61 Å². The molecule has 1 aromatic carbocycles. The summed E-state index contributed by atoms with van der Waals surface area (Å²) in [5.41, 5.74) is 0.503. The minimum absolute atomic E-state index is 0.480. The van der Waals surface area contributed by atoms with Gasteiger partial charge in [-0.3, -0.25) is 0 Å². The van der Waals surface area contributed by atoms with Gasteiger partial charge in [-0.25, -0.2) is 4.79 Å². The van der Waals surface area contributed by atoms with Gasteiger partial charge in [-0.1, -0.05) is 13.0 Å². The molecule has 1 aliphatic rings. The van der Waals surface area contributed by atoms with Gasteiger partial charge in [-0.2, -0.15) is 0 Å². The molecule has 4 nitrogen and oxygen atoms in total. The van der Waals surface area contributed by atoms with Gasteiger partial charge in [-0.05, 0) is 43.9 Å². The topological polar surface area (TPSA) is 55.8 Å². The Labute approximate surface area is 113 Å². The molecule has 1 atom stereocenters. The van der Waals surface area contributed by atoms with E-state index in [1.165, 1.54) is 0 Å². The van der Waals surface area contributed by atoms with E-state index < -0.39 is 11.6 Å². The van der Waals surface area contributed by atoms with Crippen LogP contribution in [0.5, 0.6) is 5.75 Å². The van der Waals surface area contributed by atoms with E-state index in [2.05, 4.69) is 0 Å². The molecule has 0 aromatic heterocycles. The number of aryl methyl sites for hydroxylation is 1. The predicted molar refractivity (Wildman–Crippen MR) is 71.5 cm³/mol. The van der Waals surface area contributed by atoms with Crippen LogP contribution in [0.15, 0.2) is 18.2 Å². The van der Waals surface area contributed by atoms with Crippen molar-refractivity contribution in [1.29, 1.82) is 0 Å². The Kier molecular flexibility index (Phi) is 4.10. The maximum atomic E-state index is 11.7.